The van der Waals surface area contributed by atoms with Crippen LogP contribution in [0.15, 0.2) is 24.3 Å². The Morgan fingerprint density at radius 3 is 2.58 bits per heavy atom. The lowest BCUT2D eigenvalue weighted by atomic mass is 9.74. The molecule has 170 valence electrons. The molecular formula is C23H32N2O5S. The van der Waals surface area contributed by atoms with E-state index in [1.807, 2.05) is 45.9 Å². The van der Waals surface area contributed by atoms with Crippen molar-refractivity contribution in [2.45, 2.75) is 61.6 Å². The number of hydrogen-bond acceptors (Lipinski definition) is 6. The van der Waals surface area contributed by atoms with Crippen LogP contribution in [0.1, 0.15) is 40.5 Å². The van der Waals surface area contributed by atoms with Gasteiger partial charge in [-0.05, 0) is 40.5 Å². The number of esters is 1. The molecule has 4 aliphatic rings. The van der Waals surface area contributed by atoms with Crippen molar-refractivity contribution < 1.29 is 24.2 Å². The SMILES string of the molecule is CC(C)(C)N1CC=C[C@]23S[C@@]4(C)/C=C\CCCOC(=O)[C@H]4[C@H]2C(=O)N(CCO)C3C1=O. The second-order valence-corrected chi connectivity index (χ2v) is 11.8. The molecule has 8 heteroatoms. The third-order valence-corrected chi connectivity index (χ3v) is 8.70. The molecule has 2 saturated heterocycles. The summed E-state index contributed by atoms with van der Waals surface area (Å²) < 4.78 is 4.03. The van der Waals surface area contributed by atoms with Crippen molar-refractivity contribution in [2.75, 3.05) is 26.3 Å². The summed E-state index contributed by atoms with van der Waals surface area (Å²) in [5.74, 6) is -2.17. The first-order chi connectivity index (χ1) is 14.6. The molecule has 0 aliphatic carbocycles. The van der Waals surface area contributed by atoms with Crippen molar-refractivity contribution in [3.05, 3.63) is 24.3 Å². The summed E-state index contributed by atoms with van der Waals surface area (Å²) in [6.45, 7) is 8.49. The molecule has 0 bridgehead atoms. The Labute approximate surface area is 187 Å². The van der Waals surface area contributed by atoms with Crippen molar-refractivity contribution >= 4 is 29.5 Å². The molecule has 31 heavy (non-hydrogen) atoms. The van der Waals surface area contributed by atoms with E-state index < -0.39 is 32.9 Å². The normalized spacial score (nSPS) is 39.1. The van der Waals surface area contributed by atoms with Crippen molar-refractivity contribution in [3.63, 3.8) is 0 Å². The minimum atomic E-state index is -0.884. The summed E-state index contributed by atoms with van der Waals surface area (Å²) in [6, 6.07) is -0.770. The van der Waals surface area contributed by atoms with Crippen LogP contribution in [0.4, 0.5) is 0 Å². The van der Waals surface area contributed by atoms with Crippen LogP contribution >= 0.6 is 11.8 Å². The van der Waals surface area contributed by atoms with Gasteiger partial charge in [0.25, 0.3) is 0 Å². The summed E-state index contributed by atoms with van der Waals surface area (Å²) in [6.07, 6.45) is 9.59. The first-order valence-electron chi connectivity index (χ1n) is 11.0. The van der Waals surface area contributed by atoms with Crippen LogP contribution in [-0.4, -0.2) is 80.1 Å². The molecule has 0 saturated carbocycles. The van der Waals surface area contributed by atoms with E-state index in [4.69, 9.17) is 4.74 Å². The van der Waals surface area contributed by atoms with E-state index in [1.165, 1.54) is 16.7 Å². The molecule has 1 spiro atoms. The predicted molar refractivity (Wildman–Crippen MR) is 118 cm³/mol. The fourth-order valence-corrected chi connectivity index (χ4v) is 7.74. The topological polar surface area (TPSA) is 87.2 Å². The monoisotopic (exact) mass is 448 g/mol. The standard InChI is InChI=1S/C23H32N2O5S/c1-21(2,3)25-11-8-10-23-15(18(27)24(12-13-26)17(23)19(25)28)16-20(29)30-14-7-5-6-9-22(16,4)31-23/h6,8-10,15-17,26H,5,7,11-14H2,1-4H3/b9-6-/t15-,16+,17?,22-,23-/m0/s1. The molecule has 5 atom stereocenters. The maximum absolute atomic E-state index is 13.9. The Hall–Kier alpha value is -1.80. The number of ether oxygens (including phenoxy) is 1. The number of cyclic esters (lactones) is 1. The van der Waals surface area contributed by atoms with Gasteiger partial charge in [-0.1, -0.05) is 24.3 Å². The number of carbonyl (C=O) groups excluding carboxylic acids is 3. The second kappa shape index (κ2) is 7.66. The predicted octanol–water partition coefficient (Wildman–Crippen LogP) is 1.76. The van der Waals surface area contributed by atoms with E-state index in [0.717, 1.165) is 12.8 Å². The minimum absolute atomic E-state index is 0.0637. The van der Waals surface area contributed by atoms with Crippen molar-refractivity contribution in [3.8, 4) is 0 Å². The van der Waals surface area contributed by atoms with E-state index in [9.17, 15) is 19.5 Å². The number of allylic oxidation sites excluding steroid dienone is 1. The van der Waals surface area contributed by atoms with Crippen LogP contribution in [0.25, 0.3) is 0 Å². The zero-order valence-electron chi connectivity index (χ0n) is 18.7. The lowest BCUT2D eigenvalue weighted by molar-refractivity contribution is -0.154. The molecule has 4 rings (SSSR count). The zero-order valence-corrected chi connectivity index (χ0v) is 19.5. The van der Waals surface area contributed by atoms with Crippen molar-refractivity contribution in [1.29, 1.82) is 0 Å². The van der Waals surface area contributed by atoms with Crippen LogP contribution in [0.3, 0.4) is 0 Å². The Bertz CT molecular complexity index is 849. The number of fused-ring (bicyclic) bond motifs is 2. The highest BCUT2D eigenvalue weighted by atomic mass is 32.2. The molecular weight excluding hydrogens is 416 g/mol. The highest BCUT2D eigenvalue weighted by molar-refractivity contribution is 8.02. The quantitative estimate of drug-likeness (QED) is 0.512. The van der Waals surface area contributed by atoms with E-state index in [2.05, 4.69) is 6.08 Å². The number of carbonyl (C=O) groups is 3. The number of hydrogen-bond donors (Lipinski definition) is 1. The van der Waals surface area contributed by atoms with Crippen LogP contribution in [-0.2, 0) is 19.1 Å². The van der Waals surface area contributed by atoms with Gasteiger partial charge in [-0.25, -0.2) is 0 Å². The van der Waals surface area contributed by atoms with Gasteiger partial charge in [0.05, 0.1) is 29.8 Å². The molecule has 2 fully saturated rings. The first-order valence-corrected chi connectivity index (χ1v) is 11.8. The fraction of sp³-hybridized carbons (Fsp3) is 0.696. The number of thioether (sulfide) groups is 1. The third kappa shape index (κ3) is 3.33. The van der Waals surface area contributed by atoms with Gasteiger partial charge in [0.15, 0.2) is 0 Å². The number of nitrogens with zero attached hydrogens (tertiary/aromatic N) is 2. The second-order valence-electron chi connectivity index (χ2n) is 9.99. The summed E-state index contributed by atoms with van der Waals surface area (Å²) >= 11 is 1.53. The average molecular weight is 449 g/mol. The van der Waals surface area contributed by atoms with Gasteiger partial charge in [-0.3, -0.25) is 14.4 Å². The van der Waals surface area contributed by atoms with Gasteiger partial charge in [0.2, 0.25) is 11.8 Å². The lowest BCUT2D eigenvalue weighted by Crippen LogP contribution is -2.57. The average Bonchev–Trinajstić information content (AvgIpc) is 3.01. The van der Waals surface area contributed by atoms with Crippen LogP contribution < -0.4 is 0 Å². The number of aliphatic hydroxyl groups excluding tert-OH is 1. The van der Waals surface area contributed by atoms with Gasteiger partial charge >= 0.3 is 5.97 Å². The molecule has 0 radical (unpaired) electrons. The number of likely N-dealkylation sites (tertiary alicyclic amines) is 1. The molecule has 0 aromatic heterocycles. The van der Waals surface area contributed by atoms with Crippen molar-refractivity contribution in [1.82, 2.24) is 9.80 Å². The van der Waals surface area contributed by atoms with E-state index in [0.29, 0.717) is 13.2 Å². The van der Waals surface area contributed by atoms with Crippen molar-refractivity contribution in [2.24, 2.45) is 11.8 Å². The molecule has 0 aromatic carbocycles. The van der Waals surface area contributed by atoms with Gasteiger partial charge in [0.1, 0.15) is 6.04 Å². The van der Waals surface area contributed by atoms with Gasteiger partial charge < -0.3 is 19.6 Å². The number of amides is 2. The summed E-state index contributed by atoms with van der Waals surface area (Å²) in [5.41, 5.74) is -0.426. The zero-order chi connectivity index (χ0) is 22.6. The van der Waals surface area contributed by atoms with Gasteiger partial charge in [0, 0.05) is 23.4 Å². The molecule has 1 unspecified atom stereocenters. The Kier molecular flexibility index (Phi) is 5.53. The Morgan fingerprint density at radius 2 is 1.90 bits per heavy atom. The lowest BCUT2D eigenvalue weighted by Gasteiger charge is -2.40. The number of rotatable bonds is 2. The Morgan fingerprint density at radius 1 is 1.16 bits per heavy atom. The molecule has 0 aromatic rings. The van der Waals surface area contributed by atoms with Crippen LogP contribution in [0, 0.1) is 11.8 Å². The van der Waals surface area contributed by atoms with Crippen LogP contribution in [0.5, 0.6) is 0 Å². The molecule has 1 N–H and O–H groups in total. The molecule has 7 nitrogen and oxygen atoms in total. The largest absolute Gasteiger partial charge is 0.465 e. The number of β-amino-alcohol motifs (C(OH)–C–C–N with tert-alkyl or cyclic N) is 1. The summed E-state index contributed by atoms with van der Waals surface area (Å²) in [4.78, 5) is 44.1. The number of aliphatic hydroxyl groups is 1. The highest BCUT2D eigenvalue weighted by Gasteiger charge is 2.74. The maximum Gasteiger partial charge on any atom is 0.311 e. The molecule has 2 amide bonds. The van der Waals surface area contributed by atoms with E-state index in [-0.39, 0.29) is 30.9 Å². The smallest absolute Gasteiger partial charge is 0.311 e. The van der Waals surface area contributed by atoms with Gasteiger partial charge in [-0.15, -0.1) is 11.8 Å². The van der Waals surface area contributed by atoms with Gasteiger partial charge in [-0.2, -0.15) is 0 Å². The highest BCUT2D eigenvalue weighted by Crippen LogP contribution is 2.65. The molecule has 4 aliphatic heterocycles. The fourth-order valence-electron chi connectivity index (χ4n) is 5.59. The van der Waals surface area contributed by atoms with Crippen LogP contribution in [0.2, 0.25) is 0 Å². The summed E-state index contributed by atoms with van der Waals surface area (Å²) in [7, 11) is 0. The first kappa shape index (κ1) is 22.4. The Balaban J connectivity index is 1.88. The van der Waals surface area contributed by atoms with E-state index >= 15 is 0 Å². The van der Waals surface area contributed by atoms with E-state index in [1.54, 1.807) is 4.90 Å². The summed E-state index contributed by atoms with van der Waals surface area (Å²) in [5, 5.41) is 9.69. The maximum atomic E-state index is 13.9. The third-order valence-electron chi connectivity index (χ3n) is 6.90. The molecule has 4 heterocycles. The minimum Gasteiger partial charge on any atom is -0.465 e.